The number of benzene rings is 1. The van der Waals surface area contributed by atoms with Crippen LogP contribution in [0.2, 0.25) is 0 Å². The maximum atomic E-state index is 12.6. The van der Waals surface area contributed by atoms with Crippen LogP contribution in [-0.4, -0.2) is 28.9 Å². The maximum Gasteiger partial charge on any atom is 0.272 e. The van der Waals surface area contributed by atoms with E-state index < -0.39 is 0 Å². The van der Waals surface area contributed by atoms with E-state index in [0.29, 0.717) is 11.6 Å². The number of amides is 1. The molecule has 23 heavy (non-hydrogen) atoms. The first-order valence-corrected chi connectivity index (χ1v) is 8.21. The molecule has 4 nitrogen and oxygen atoms in total. The van der Waals surface area contributed by atoms with Crippen molar-refractivity contribution in [3.63, 3.8) is 0 Å². The van der Waals surface area contributed by atoms with Gasteiger partial charge in [-0.15, -0.1) is 0 Å². The zero-order chi connectivity index (χ0) is 16.2. The van der Waals surface area contributed by atoms with E-state index in [2.05, 4.69) is 36.3 Å². The standard InChI is InChI=1S/C19H23N3O/c1-14-5-3-7-16(11-14)21-17-8-9-20-18(12-17)19(23)22-10-4-6-15(2)13-22/h3,5,7-9,11-12,15H,4,6,10,13H2,1-2H3,(H,20,21). The summed E-state index contributed by atoms with van der Waals surface area (Å²) in [5.41, 5.74) is 3.61. The normalized spacial score (nSPS) is 17.8. The van der Waals surface area contributed by atoms with E-state index in [4.69, 9.17) is 0 Å². The van der Waals surface area contributed by atoms with Gasteiger partial charge in [0.05, 0.1) is 0 Å². The molecule has 1 fully saturated rings. The minimum atomic E-state index is 0.0319. The van der Waals surface area contributed by atoms with Crippen molar-refractivity contribution in [1.29, 1.82) is 0 Å². The van der Waals surface area contributed by atoms with Gasteiger partial charge < -0.3 is 10.2 Å². The van der Waals surface area contributed by atoms with Gasteiger partial charge in [0.2, 0.25) is 0 Å². The summed E-state index contributed by atoms with van der Waals surface area (Å²) in [4.78, 5) is 18.8. The van der Waals surface area contributed by atoms with Gasteiger partial charge in [0.15, 0.2) is 0 Å². The Hall–Kier alpha value is -2.36. The molecule has 2 heterocycles. The fourth-order valence-corrected chi connectivity index (χ4v) is 3.05. The lowest BCUT2D eigenvalue weighted by atomic mass is 10.00. The third-order valence-electron chi connectivity index (χ3n) is 4.23. The fourth-order valence-electron chi connectivity index (χ4n) is 3.05. The molecule has 0 saturated carbocycles. The monoisotopic (exact) mass is 309 g/mol. The molecule has 1 aromatic carbocycles. The number of aromatic nitrogens is 1. The maximum absolute atomic E-state index is 12.6. The minimum Gasteiger partial charge on any atom is -0.355 e. The van der Waals surface area contributed by atoms with Gasteiger partial charge in [-0.25, -0.2) is 0 Å². The van der Waals surface area contributed by atoms with E-state index in [9.17, 15) is 4.79 Å². The van der Waals surface area contributed by atoms with Crippen molar-refractivity contribution in [2.75, 3.05) is 18.4 Å². The highest BCUT2D eigenvalue weighted by Crippen LogP contribution is 2.20. The van der Waals surface area contributed by atoms with Crippen LogP contribution in [0.4, 0.5) is 11.4 Å². The number of aryl methyl sites for hydroxylation is 1. The summed E-state index contributed by atoms with van der Waals surface area (Å²) >= 11 is 0. The predicted octanol–water partition coefficient (Wildman–Crippen LogP) is 4.01. The van der Waals surface area contributed by atoms with E-state index in [0.717, 1.165) is 30.9 Å². The topological polar surface area (TPSA) is 45.2 Å². The quantitative estimate of drug-likeness (QED) is 0.932. The van der Waals surface area contributed by atoms with E-state index in [1.165, 1.54) is 12.0 Å². The molecule has 4 heteroatoms. The summed E-state index contributed by atoms with van der Waals surface area (Å²) in [7, 11) is 0. The van der Waals surface area contributed by atoms with Crippen LogP contribution in [0.5, 0.6) is 0 Å². The van der Waals surface area contributed by atoms with Crippen molar-refractivity contribution in [3.05, 3.63) is 53.9 Å². The van der Waals surface area contributed by atoms with E-state index in [1.807, 2.05) is 29.2 Å². The Morgan fingerprint density at radius 2 is 2.09 bits per heavy atom. The molecule has 1 saturated heterocycles. The molecule has 0 bridgehead atoms. The average molecular weight is 309 g/mol. The number of hydrogen-bond donors (Lipinski definition) is 1. The Kier molecular flexibility index (Phi) is 4.60. The Morgan fingerprint density at radius 3 is 2.87 bits per heavy atom. The molecule has 1 atom stereocenters. The Bertz CT molecular complexity index is 699. The molecule has 1 aromatic heterocycles. The summed E-state index contributed by atoms with van der Waals surface area (Å²) in [6.07, 6.45) is 3.97. The van der Waals surface area contributed by atoms with Gasteiger partial charge in [-0.05, 0) is 55.5 Å². The average Bonchev–Trinajstić information content (AvgIpc) is 2.54. The third-order valence-corrected chi connectivity index (χ3v) is 4.23. The lowest BCUT2D eigenvalue weighted by Crippen LogP contribution is -2.39. The largest absolute Gasteiger partial charge is 0.355 e. The molecule has 1 aliphatic heterocycles. The minimum absolute atomic E-state index is 0.0319. The summed E-state index contributed by atoms with van der Waals surface area (Å²) in [6, 6.07) is 11.9. The smallest absolute Gasteiger partial charge is 0.272 e. The number of carbonyl (C=O) groups excluding carboxylic acids is 1. The first-order chi connectivity index (χ1) is 11.1. The van der Waals surface area contributed by atoms with Crippen LogP contribution >= 0.6 is 0 Å². The van der Waals surface area contributed by atoms with Crippen molar-refractivity contribution in [3.8, 4) is 0 Å². The number of nitrogens with zero attached hydrogens (tertiary/aromatic N) is 2. The Balaban J connectivity index is 1.75. The summed E-state index contributed by atoms with van der Waals surface area (Å²) in [5, 5.41) is 3.34. The first kappa shape index (κ1) is 15.5. The van der Waals surface area contributed by atoms with Crippen molar-refractivity contribution in [2.24, 2.45) is 5.92 Å². The highest BCUT2D eigenvalue weighted by Gasteiger charge is 2.22. The van der Waals surface area contributed by atoms with Crippen LogP contribution in [0.1, 0.15) is 35.8 Å². The second-order valence-corrected chi connectivity index (χ2v) is 6.42. The molecule has 0 aliphatic carbocycles. The van der Waals surface area contributed by atoms with Crippen LogP contribution in [0, 0.1) is 12.8 Å². The van der Waals surface area contributed by atoms with Gasteiger partial charge in [-0.3, -0.25) is 9.78 Å². The second-order valence-electron chi connectivity index (χ2n) is 6.42. The zero-order valence-electron chi connectivity index (χ0n) is 13.7. The van der Waals surface area contributed by atoms with Gasteiger partial charge in [0.25, 0.3) is 5.91 Å². The van der Waals surface area contributed by atoms with Crippen molar-refractivity contribution in [2.45, 2.75) is 26.7 Å². The van der Waals surface area contributed by atoms with Crippen LogP contribution in [0.25, 0.3) is 0 Å². The number of carbonyl (C=O) groups is 1. The van der Waals surface area contributed by atoms with Gasteiger partial charge in [-0.2, -0.15) is 0 Å². The van der Waals surface area contributed by atoms with Gasteiger partial charge >= 0.3 is 0 Å². The second kappa shape index (κ2) is 6.82. The number of pyridine rings is 1. The van der Waals surface area contributed by atoms with Crippen LogP contribution in [-0.2, 0) is 0 Å². The number of hydrogen-bond acceptors (Lipinski definition) is 3. The molecular formula is C19H23N3O. The Morgan fingerprint density at radius 1 is 1.26 bits per heavy atom. The van der Waals surface area contributed by atoms with Crippen LogP contribution < -0.4 is 5.32 Å². The van der Waals surface area contributed by atoms with Crippen molar-refractivity contribution >= 4 is 17.3 Å². The molecule has 1 unspecified atom stereocenters. The summed E-state index contributed by atoms with van der Waals surface area (Å²) in [5.74, 6) is 0.603. The zero-order valence-corrected chi connectivity index (χ0v) is 13.7. The SMILES string of the molecule is Cc1cccc(Nc2ccnc(C(=O)N3CCCC(C)C3)c2)c1. The van der Waals surface area contributed by atoms with Gasteiger partial charge in [0.1, 0.15) is 5.69 Å². The van der Waals surface area contributed by atoms with Crippen LogP contribution in [0.3, 0.4) is 0 Å². The van der Waals surface area contributed by atoms with E-state index in [1.54, 1.807) is 6.20 Å². The molecule has 1 aliphatic rings. The van der Waals surface area contributed by atoms with Crippen molar-refractivity contribution < 1.29 is 4.79 Å². The fraction of sp³-hybridized carbons (Fsp3) is 0.368. The van der Waals surface area contributed by atoms with Gasteiger partial charge in [0, 0.05) is 30.7 Å². The summed E-state index contributed by atoms with van der Waals surface area (Å²) < 4.78 is 0. The Labute approximate surface area is 137 Å². The van der Waals surface area contributed by atoms with Crippen molar-refractivity contribution in [1.82, 2.24) is 9.88 Å². The third kappa shape index (κ3) is 3.89. The van der Waals surface area contributed by atoms with Crippen LogP contribution in [0.15, 0.2) is 42.6 Å². The predicted molar refractivity (Wildman–Crippen MR) is 93.0 cm³/mol. The number of anilines is 2. The number of likely N-dealkylation sites (tertiary alicyclic amines) is 1. The number of piperidine rings is 1. The molecular weight excluding hydrogens is 286 g/mol. The highest BCUT2D eigenvalue weighted by atomic mass is 16.2. The first-order valence-electron chi connectivity index (χ1n) is 8.21. The number of nitrogens with one attached hydrogen (secondary N) is 1. The van der Waals surface area contributed by atoms with E-state index in [-0.39, 0.29) is 5.91 Å². The molecule has 0 spiro atoms. The molecule has 1 amide bonds. The summed E-state index contributed by atoms with van der Waals surface area (Å²) in [6.45, 7) is 5.92. The van der Waals surface area contributed by atoms with E-state index >= 15 is 0 Å². The number of rotatable bonds is 3. The lowest BCUT2D eigenvalue weighted by Gasteiger charge is -2.30. The highest BCUT2D eigenvalue weighted by molar-refractivity contribution is 5.93. The van der Waals surface area contributed by atoms with Gasteiger partial charge in [-0.1, -0.05) is 19.1 Å². The molecule has 1 N–H and O–H groups in total. The lowest BCUT2D eigenvalue weighted by molar-refractivity contribution is 0.0677. The molecule has 3 rings (SSSR count). The molecule has 120 valence electrons. The molecule has 0 radical (unpaired) electrons. The molecule has 2 aromatic rings.